The molecule has 0 atom stereocenters. The normalized spacial score (nSPS) is 14.7. The molecule has 0 aromatic heterocycles. The monoisotopic (exact) mass is 371 g/mol. The Hall–Kier alpha value is -2.04. The van der Waals surface area contributed by atoms with Crippen molar-refractivity contribution in [3.05, 3.63) is 59.1 Å². The first-order valence-electron chi connectivity index (χ1n) is 9.31. The van der Waals surface area contributed by atoms with Crippen molar-refractivity contribution in [3.63, 3.8) is 0 Å². The zero-order chi connectivity index (χ0) is 18.2. The van der Waals surface area contributed by atoms with E-state index in [-0.39, 0.29) is 12.5 Å². The molecule has 138 valence electrons. The van der Waals surface area contributed by atoms with E-state index in [0.29, 0.717) is 6.54 Å². The summed E-state index contributed by atoms with van der Waals surface area (Å²) in [6.07, 6.45) is 5.01. The van der Waals surface area contributed by atoms with Crippen molar-refractivity contribution in [2.24, 2.45) is 0 Å². The van der Waals surface area contributed by atoms with Crippen LogP contribution in [0.25, 0.3) is 0 Å². The third-order valence-corrected chi connectivity index (χ3v) is 4.90. The molecule has 1 aliphatic rings. The minimum atomic E-state index is -0.0266. The van der Waals surface area contributed by atoms with Crippen LogP contribution in [0.5, 0.6) is 0 Å². The lowest BCUT2D eigenvalue weighted by Crippen LogP contribution is -2.29. The van der Waals surface area contributed by atoms with Crippen LogP contribution in [0.1, 0.15) is 31.2 Å². The molecule has 0 radical (unpaired) electrons. The van der Waals surface area contributed by atoms with Gasteiger partial charge in [0.15, 0.2) is 0 Å². The first-order valence-corrected chi connectivity index (χ1v) is 9.69. The summed E-state index contributed by atoms with van der Waals surface area (Å²) in [7, 11) is 0. The molecule has 2 aromatic carbocycles. The number of carbonyl (C=O) groups is 1. The highest BCUT2D eigenvalue weighted by atomic mass is 35.5. The lowest BCUT2D eigenvalue weighted by atomic mass is 10.2. The molecule has 26 heavy (non-hydrogen) atoms. The Kier molecular flexibility index (Phi) is 6.92. The summed E-state index contributed by atoms with van der Waals surface area (Å²) in [5, 5.41) is 6.96. The smallest absolute Gasteiger partial charge is 0.238 e. The molecule has 1 aliphatic heterocycles. The van der Waals surface area contributed by atoms with Crippen molar-refractivity contribution < 1.29 is 4.79 Å². The maximum absolute atomic E-state index is 12.3. The number of rotatable bonds is 6. The topological polar surface area (TPSA) is 44.4 Å². The first-order chi connectivity index (χ1) is 12.7. The van der Waals surface area contributed by atoms with Crippen LogP contribution < -0.4 is 15.5 Å². The van der Waals surface area contributed by atoms with Gasteiger partial charge < -0.3 is 15.5 Å². The summed E-state index contributed by atoms with van der Waals surface area (Å²) in [4.78, 5) is 14.7. The molecule has 0 bridgehead atoms. The zero-order valence-corrected chi connectivity index (χ0v) is 15.8. The SMILES string of the molecule is O=C(CNCc1ccc(Cl)cc1)Nc1ccccc1N1CCCCCC1. The van der Waals surface area contributed by atoms with E-state index < -0.39 is 0 Å². The van der Waals surface area contributed by atoms with Gasteiger partial charge in [-0.3, -0.25) is 4.79 Å². The fourth-order valence-corrected chi connectivity index (χ4v) is 3.41. The van der Waals surface area contributed by atoms with E-state index in [2.05, 4.69) is 21.6 Å². The van der Waals surface area contributed by atoms with Gasteiger partial charge in [0.2, 0.25) is 5.91 Å². The average Bonchev–Trinajstić information content (AvgIpc) is 2.93. The second kappa shape index (κ2) is 9.60. The van der Waals surface area contributed by atoms with Crippen LogP contribution in [0.2, 0.25) is 5.02 Å². The Morgan fingerprint density at radius 1 is 0.962 bits per heavy atom. The van der Waals surface area contributed by atoms with E-state index in [1.807, 2.05) is 42.5 Å². The number of halogens is 1. The maximum Gasteiger partial charge on any atom is 0.238 e. The third-order valence-electron chi connectivity index (χ3n) is 4.65. The second-order valence-electron chi connectivity index (χ2n) is 6.70. The van der Waals surface area contributed by atoms with Crippen molar-refractivity contribution in [1.29, 1.82) is 0 Å². The highest BCUT2D eigenvalue weighted by molar-refractivity contribution is 6.30. The van der Waals surface area contributed by atoms with Gasteiger partial charge in [-0.15, -0.1) is 0 Å². The average molecular weight is 372 g/mol. The number of amides is 1. The van der Waals surface area contributed by atoms with Gasteiger partial charge >= 0.3 is 0 Å². The Labute approximate surface area is 160 Å². The van der Waals surface area contributed by atoms with Gasteiger partial charge in [-0.25, -0.2) is 0 Å². The number of nitrogens with one attached hydrogen (secondary N) is 2. The third kappa shape index (κ3) is 5.48. The highest BCUT2D eigenvalue weighted by Gasteiger charge is 2.14. The van der Waals surface area contributed by atoms with Crippen molar-refractivity contribution in [3.8, 4) is 0 Å². The van der Waals surface area contributed by atoms with Crippen molar-refractivity contribution in [2.75, 3.05) is 29.9 Å². The minimum Gasteiger partial charge on any atom is -0.370 e. The fraction of sp³-hybridized carbons (Fsp3) is 0.381. The molecular weight excluding hydrogens is 346 g/mol. The fourth-order valence-electron chi connectivity index (χ4n) is 3.28. The number of carbonyl (C=O) groups excluding carboxylic acids is 1. The molecule has 1 fully saturated rings. The van der Waals surface area contributed by atoms with Crippen molar-refractivity contribution in [1.82, 2.24) is 5.32 Å². The van der Waals surface area contributed by atoms with Crippen LogP contribution in [0.4, 0.5) is 11.4 Å². The number of nitrogens with zero attached hydrogens (tertiary/aromatic N) is 1. The molecule has 0 saturated carbocycles. The number of hydrogen-bond donors (Lipinski definition) is 2. The molecule has 1 heterocycles. The summed E-state index contributed by atoms with van der Waals surface area (Å²) in [6, 6.07) is 15.7. The van der Waals surface area contributed by atoms with Gasteiger partial charge in [-0.1, -0.05) is 48.7 Å². The van der Waals surface area contributed by atoms with E-state index in [9.17, 15) is 4.79 Å². The Bertz CT molecular complexity index is 709. The quantitative estimate of drug-likeness (QED) is 0.788. The standard InChI is InChI=1S/C21H26ClN3O/c22-18-11-9-17(10-12-18)15-23-16-21(26)24-19-7-3-4-8-20(19)25-13-5-1-2-6-14-25/h3-4,7-12,23H,1-2,5-6,13-16H2,(H,24,26). The van der Waals surface area contributed by atoms with Gasteiger partial charge in [-0.2, -0.15) is 0 Å². The largest absolute Gasteiger partial charge is 0.370 e. The molecule has 0 spiro atoms. The Morgan fingerprint density at radius 3 is 2.38 bits per heavy atom. The van der Waals surface area contributed by atoms with Crippen LogP contribution in [0, 0.1) is 0 Å². The molecule has 4 nitrogen and oxygen atoms in total. The lowest BCUT2D eigenvalue weighted by molar-refractivity contribution is -0.115. The van der Waals surface area contributed by atoms with Crippen LogP contribution in [-0.2, 0) is 11.3 Å². The Morgan fingerprint density at radius 2 is 1.65 bits per heavy atom. The summed E-state index contributed by atoms with van der Waals surface area (Å²) >= 11 is 5.89. The number of para-hydroxylation sites is 2. The van der Waals surface area contributed by atoms with Gasteiger partial charge in [0, 0.05) is 24.7 Å². The summed E-state index contributed by atoms with van der Waals surface area (Å²) in [5.41, 5.74) is 3.13. The van der Waals surface area contributed by atoms with Crippen LogP contribution >= 0.6 is 11.6 Å². The van der Waals surface area contributed by atoms with Crippen LogP contribution in [-0.4, -0.2) is 25.5 Å². The number of anilines is 2. The summed E-state index contributed by atoms with van der Waals surface area (Å²) < 4.78 is 0. The summed E-state index contributed by atoms with van der Waals surface area (Å²) in [5.74, 6) is -0.0266. The lowest BCUT2D eigenvalue weighted by Gasteiger charge is -2.25. The number of benzene rings is 2. The van der Waals surface area contributed by atoms with Gasteiger partial charge in [0.1, 0.15) is 0 Å². The van der Waals surface area contributed by atoms with E-state index in [4.69, 9.17) is 11.6 Å². The predicted molar refractivity (Wildman–Crippen MR) is 109 cm³/mol. The highest BCUT2D eigenvalue weighted by Crippen LogP contribution is 2.27. The van der Waals surface area contributed by atoms with E-state index >= 15 is 0 Å². The molecule has 3 rings (SSSR count). The maximum atomic E-state index is 12.3. The molecule has 5 heteroatoms. The first kappa shape index (κ1) is 18.7. The van der Waals surface area contributed by atoms with Gasteiger partial charge in [-0.05, 0) is 42.7 Å². The molecule has 2 aromatic rings. The van der Waals surface area contributed by atoms with Gasteiger partial charge in [0.25, 0.3) is 0 Å². The molecule has 2 N–H and O–H groups in total. The zero-order valence-electron chi connectivity index (χ0n) is 15.0. The molecular formula is C21H26ClN3O. The van der Waals surface area contributed by atoms with Crippen molar-refractivity contribution in [2.45, 2.75) is 32.2 Å². The summed E-state index contributed by atoms with van der Waals surface area (Å²) in [6.45, 7) is 3.03. The van der Waals surface area contributed by atoms with E-state index in [0.717, 1.165) is 35.1 Å². The second-order valence-corrected chi connectivity index (χ2v) is 7.13. The Balaban J connectivity index is 1.54. The minimum absolute atomic E-state index is 0.0266. The van der Waals surface area contributed by atoms with Crippen molar-refractivity contribution >= 4 is 28.9 Å². The number of hydrogen-bond acceptors (Lipinski definition) is 3. The van der Waals surface area contributed by atoms with Crippen LogP contribution in [0.15, 0.2) is 48.5 Å². The van der Waals surface area contributed by atoms with Crippen LogP contribution in [0.3, 0.4) is 0 Å². The predicted octanol–water partition coefficient (Wildman–Crippen LogP) is 4.45. The molecule has 0 aliphatic carbocycles. The molecule has 1 saturated heterocycles. The van der Waals surface area contributed by atoms with E-state index in [1.54, 1.807) is 0 Å². The van der Waals surface area contributed by atoms with Gasteiger partial charge in [0.05, 0.1) is 17.9 Å². The van der Waals surface area contributed by atoms with E-state index in [1.165, 1.54) is 25.7 Å². The molecule has 0 unspecified atom stereocenters. The molecule has 1 amide bonds.